The van der Waals surface area contributed by atoms with Gasteiger partial charge in [-0.05, 0) is 0 Å². The number of aromatic nitrogens is 2. The number of nitrogens with zero attached hydrogens (tertiary/aromatic N) is 2. The van der Waals surface area contributed by atoms with Crippen molar-refractivity contribution < 1.29 is 48.7 Å². The van der Waals surface area contributed by atoms with Crippen LogP contribution in [0.15, 0.2) is 0 Å². The minimum absolute atomic E-state index is 0.243. The van der Waals surface area contributed by atoms with Crippen molar-refractivity contribution in [3.63, 3.8) is 0 Å². The zero-order valence-electron chi connectivity index (χ0n) is 13.0. The van der Waals surface area contributed by atoms with Crippen LogP contribution in [-0.4, -0.2) is 15.7 Å². The first-order chi connectivity index (χ1) is 12.6. The number of aryl methyl sites for hydroxylation is 1. The van der Waals surface area contributed by atoms with E-state index in [1.165, 1.54) is 0 Å². The van der Waals surface area contributed by atoms with Crippen molar-refractivity contribution in [1.29, 1.82) is 0 Å². The van der Waals surface area contributed by atoms with E-state index in [0.717, 1.165) is 12.4 Å². The van der Waals surface area contributed by atoms with Gasteiger partial charge in [0.15, 0.2) is 29.0 Å². The second kappa shape index (κ2) is 6.83. The van der Waals surface area contributed by atoms with Gasteiger partial charge in [-0.2, -0.15) is 31.4 Å². The fourth-order valence-corrected chi connectivity index (χ4v) is 2.44. The van der Waals surface area contributed by atoms with Gasteiger partial charge in [0.25, 0.3) is 5.91 Å². The third kappa shape index (κ3) is 3.59. The summed E-state index contributed by atoms with van der Waals surface area (Å²) in [5.41, 5.74) is -7.78. The molecule has 0 fully saturated rings. The van der Waals surface area contributed by atoms with Crippen molar-refractivity contribution in [2.45, 2.75) is 12.4 Å². The van der Waals surface area contributed by atoms with Gasteiger partial charge in [0, 0.05) is 7.05 Å². The molecule has 1 heterocycles. The van der Waals surface area contributed by atoms with Crippen molar-refractivity contribution in [2.75, 3.05) is 5.32 Å². The van der Waals surface area contributed by atoms with Crippen molar-refractivity contribution in [3.8, 4) is 0 Å². The Labute approximate surface area is 152 Å². The molecule has 0 radical (unpaired) electrons. The predicted octanol–water partition coefficient (Wildman–Crippen LogP) is 4.92. The Balaban J connectivity index is 2.57. The number of hydrogen-bond donors (Lipinski definition) is 1. The molecule has 2 aromatic rings. The molecule has 1 N–H and O–H groups in total. The van der Waals surface area contributed by atoms with Gasteiger partial charge >= 0.3 is 12.4 Å². The molecule has 28 heavy (non-hydrogen) atoms. The highest BCUT2D eigenvalue weighted by atomic mass is 35.5. The number of benzene rings is 1. The van der Waals surface area contributed by atoms with E-state index in [1.54, 1.807) is 0 Å². The van der Waals surface area contributed by atoms with E-state index in [-0.39, 0.29) is 4.68 Å². The molecular formula is C13H4ClF10N3O. The average Bonchev–Trinajstić information content (AvgIpc) is 2.83. The van der Waals surface area contributed by atoms with Gasteiger partial charge in [-0.15, -0.1) is 0 Å². The van der Waals surface area contributed by atoms with Crippen LogP contribution in [0.1, 0.15) is 21.7 Å². The number of hydrogen-bond acceptors (Lipinski definition) is 2. The fraction of sp³-hybridized carbons (Fsp3) is 0.231. The zero-order valence-corrected chi connectivity index (χ0v) is 13.7. The third-order valence-electron chi connectivity index (χ3n) is 3.26. The van der Waals surface area contributed by atoms with Gasteiger partial charge < -0.3 is 5.32 Å². The van der Waals surface area contributed by atoms with Crippen LogP contribution in [0.4, 0.5) is 49.6 Å². The molecule has 1 aromatic carbocycles. The number of amides is 1. The summed E-state index contributed by atoms with van der Waals surface area (Å²) in [6, 6.07) is 0. The SMILES string of the molecule is Cn1nc(C(F)(F)F)c(Cl)c1C(=O)Nc1c(F)c(F)c(C(F)(F)F)c(F)c1F. The standard InChI is InChI=1S/C13H4ClF10N3O/c1-27-9(3(14)10(26-27)13(22,23)24)11(28)25-8-6(17)4(15)2(12(19,20)21)5(16)7(8)18/h1H3,(H,25,28). The Morgan fingerprint density at radius 3 is 1.75 bits per heavy atom. The van der Waals surface area contributed by atoms with Crippen molar-refractivity contribution in [3.05, 3.63) is 45.2 Å². The molecule has 4 nitrogen and oxygen atoms in total. The normalized spacial score (nSPS) is 12.4. The van der Waals surface area contributed by atoms with Gasteiger partial charge in [-0.25, -0.2) is 17.6 Å². The molecule has 0 bridgehead atoms. The fourth-order valence-electron chi connectivity index (χ4n) is 2.09. The van der Waals surface area contributed by atoms with E-state index >= 15 is 0 Å². The highest BCUT2D eigenvalue weighted by Gasteiger charge is 2.43. The highest BCUT2D eigenvalue weighted by Crippen LogP contribution is 2.39. The minimum Gasteiger partial charge on any atom is -0.315 e. The first-order valence-electron chi connectivity index (χ1n) is 6.63. The van der Waals surface area contributed by atoms with Gasteiger partial charge in [-0.1, -0.05) is 11.6 Å². The first kappa shape index (κ1) is 21.8. The Morgan fingerprint density at radius 1 is 0.929 bits per heavy atom. The molecule has 0 unspecified atom stereocenters. The van der Waals surface area contributed by atoms with Crippen LogP contribution < -0.4 is 5.32 Å². The second-order valence-electron chi connectivity index (χ2n) is 5.09. The molecular weight excluding hydrogens is 440 g/mol. The molecule has 0 aliphatic carbocycles. The van der Waals surface area contributed by atoms with Crippen molar-refractivity contribution >= 4 is 23.2 Å². The second-order valence-corrected chi connectivity index (χ2v) is 5.47. The molecule has 0 atom stereocenters. The lowest BCUT2D eigenvalue weighted by Crippen LogP contribution is -2.22. The first-order valence-corrected chi connectivity index (χ1v) is 7.01. The van der Waals surface area contributed by atoms with E-state index in [9.17, 15) is 48.7 Å². The molecule has 0 aliphatic rings. The Kier molecular flexibility index (Phi) is 5.31. The summed E-state index contributed by atoms with van der Waals surface area (Å²) >= 11 is 5.35. The monoisotopic (exact) mass is 443 g/mol. The molecule has 2 rings (SSSR count). The average molecular weight is 444 g/mol. The van der Waals surface area contributed by atoms with E-state index < -0.39 is 69.2 Å². The maximum atomic E-state index is 13.8. The predicted molar refractivity (Wildman–Crippen MR) is 72.4 cm³/mol. The Bertz CT molecular complexity index is 934. The van der Waals surface area contributed by atoms with E-state index in [1.807, 2.05) is 0 Å². The Hall–Kier alpha value is -2.51. The maximum Gasteiger partial charge on any atom is 0.436 e. The summed E-state index contributed by atoms with van der Waals surface area (Å²) in [6.45, 7) is 0. The summed E-state index contributed by atoms with van der Waals surface area (Å²) < 4.78 is 130. The zero-order chi connectivity index (χ0) is 21.8. The lowest BCUT2D eigenvalue weighted by atomic mass is 10.1. The lowest BCUT2D eigenvalue weighted by Gasteiger charge is -2.14. The summed E-state index contributed by atoms with van der Waals surface area (Å²) in [4.78, 5) is 12.0. The number of carbonyl (C=O) groups excluding carboxylic acids is 1. The van der Waals surface area contributed by atoms with Crippen molar-refractivity contribution in [1.82, 2.24) is 9.78 Å². The molecule has 0 spiro atoms. The molecule has 1 amide bonds. The Morgan fingerprint density at radius 2 is 1.39 bits per heavy atom. The lowest BCUT2D eigenvalue weighted by molar-refractivity contribution is -0.143. The number of alkyl halides is 6. The van der Waals surface area contributed by atoms with Crippen molar-refractivity contribution in [2.24, 2.45) is 7.05 Å². The number of rotatable bonds is 2. The molecule has 0 aliphatic heterocycles. The quantitative estimate of drug-likeness (QED) is 0.529. The summed E-state index contributed by atoms with van der Waals surface area (Å²) in [6.07, 6.45) is -10.9. The van der Waals surface area contributed by atoms with Crippen LogP contribution in [0.25, 0.3) is 0 Å². The van der Waals surface area contributed by atoms with E-state index in [0.29, 0.717) is 0 Å². The molecule has 1 aromatic heterocycles. The molecule has 15 heteroatoms. The van der Waals surface area contributed by atoms with Crippen LogP contribution >= 0.6 is 11.6 Å². The highest BCUT2D eigenvalue weighted by molar-refractivity contribution is 6.34. The number of anilines is 1. The van der Waals surface area contributed by atoms with Crippen LogP contribution in [0.2, 0.25) is 5.02 Å². The smallest absolute Gasteiger partial charge is 0.315 e. The van der Waals surface area contributed by atoms with E-state index in [2.05, 4.69) is 5.10 Å². The van der Waals surface area contributed by atoms with Crippen LogP contribution in [0.3, 0.4) is 0 Å². The number of nitrogens with one attached hydrogen (secondary N) is 1. The largest absolute Gasteiger partial charge is 0.436 e. The summed E-state index contributed by atoms with van der Waals surface area (Å²) in [5.74, 6) is -12.8. The molecule has 154 valence electrons. The van der Waals surface area contributed by atoms with E-state index in [4.69, 9.17) is 11.6 Å². The van der Waals surface area contributed by atoms with Crippen LogP contribution in [-0.2, 0) is 19.4 Å². The van der Waals surface area contributed by atoms with Gasteiger partial charge in [-0.3, -0.25) is 9.48 Å². The third-order valence-corrected chi connectivity index (χ3v) is 3.62. The minimum atomic E-state index is -5.81. The van der Waals surface area contributed by atoms with Gasteiger partial charge in [0.2, 0.25) is 0 Å². The summed E-state index contributed by atoms with van der Waals surface area (Å²) in [7, 11) is 0.774. The summed E-state index contributed by atoms with van der Waals surface area (Å²) in [5, 5.41) is 2.72. The number of carbonyl (C=O) groups is 1. The maximum absolute atomic E-state index is 13.8. The molecule has 0 saturated heterocycles. The number of halogens is 11. The van der Waals surface area contributed by atoms with Gasteiger partial charge in [0.1, 0.15) is 22.0 Å². The topological polar surface area (TPSA) is 46.9 Å². The van der Waals surface area contributed by atoms with Crippen LogP contribution in [0, 0.1) is 23.3 Å². The molecule has 0 saturated carbocycles. The van der Waals surface area contributed by atoms with Crippen LogP contribution in [0.5, 0.6) is 0 Å². The van der Waals surface area contributed by atoms with Gasteiger partial charge in [0.05, 0.1) is 0 Å².